The predicted molar refractivity (Wildman–Crippen MR) is 119 cm³/mol. The van der Waals surface area contributed by atoms with Gasteiger partial charge in [-0.2, -0.15) is 5.10 Å². The number of benzene rings is 1. The summed E-state index contributed by atoms with van der Waals surface area (Å²) in [7, 11) is 0. The molecule has 0 bridgehead atoms. The maximum Gasteiger partial charge on any atom is 0.119 e. The Morgan fingerprint density at radius 2 is 1.96 bits per heavy atom. The summed E-state index contributed by atoms with van der Waals surface area (Å²) in [4.78, 5) is 0. The number of hydrogen-bond acceptors (Lipinski definition) is 2. The van der Waals surface area contributed by atoms with Crippen molar-refractivity contribution in [1.82, 2.24) is 10.2 Å². The number of aromatic nitrogens is 2. The van der Waals surface area contributed by atoms with E-state index in [0.29, 0.717) is 6.61 Å². The van der Waals surface area contributed by atoms with E-state index in [4.69, 9.17) is 4.74 Å². The molecule has 0 atom stereocenters. The Balaban J connectivity index is 1.97. The number of hydrogen-bond donors (Lipinski definition) is 1. The van der Waals surface area contributed by atoms with Crippen LogP contribution in [0.4, 0.5) is 0 Å². The van der Waals surface area contributed by atoms with E-state index in [1.165, 1.54) is 16.7 Å². The third-order valence-electron chi connectivity index (χ3n) is 4.63. The van der Waals surface area contributed by atoms with E-state index in [0.717, 1.165) is 35.4 Å². The first-order valence-electron chi connectivity index (χ1n) is 9.53. The van der Waals surface area contributed by atoms with E-state index >= 15 is 0 Å². The van der Waals surface area contributed by atoms with Gasteiger partial charge >= 0.3 is 0 Å². The van der Waals surface area contributed by atoms with Crippen LogP contribution in [0.2, 0.25) is 0 Å². The van der Waals surface area contributed by atoms with Gasteiger partial charge in [-0.05, 0) is 74.1 Å². The van der Waals surface area contributed by atoms with E-state index in [2.05, 4.69) is 61.5 Å². The Bertz CT molecular complexity index is 883. The van der Waals surface area contributed by atoms with Gasteiger partial charge in [0.25, 0.3) is 0 Å². The van der Waals surface area contributed by atoms with Gasteiger partial charge in [-0.1, -0.05) is 55.2 Å². The number of H-pyrrole nitrogens is 1. The lowest BCUT2D eigenvalue weighted by Crippen LogP contribution is -1.96. The fraction of sp³-hybridized carbons (Fsp3) is 0.240. The monoisotopic (exact) mass is 374 g/mol. The zero-order valence-electron chi connectivity index (χ0n) is 17.2. The third kappa shape index (κ3) is 6.58. The summed E-state index contributed by atoms with van der Waals surface area (Å²) >= 11 is 0. The van der Waals surface area contributed by atoms with Gasteiger partial charge in [-0.15, -0.1) is 0 Å². The van der Waals surface area contributed by atoms with E-state index in [1.54, 1.807) is 12.3 Å². The molecule has 0 aliphatic heterocycles. The van der Waals surface area contributed by atoms with E-state index in [1.807, 2.05) is 31.2 Å². The summed E-state index contributed by atoms with van der Waals surface area (Å²) in [5.74, 6) is 0.741. The van der Waals surface area contributed by atoms with Crippen LogP contribution < -0.4 is 0 Å². The second-order valence-corrected chi connectivity index (χ2v) is 6.89. The van der Waals surface area contributed by atoms with Crippen LogP contribution in [-0.2, 0) is 17.8 Å². The highest BCUT2D eigenvalue weighted by Gasteiger charge is 2.03. The van der Waals surface area contributed by atoms with Crippen molar-refractivity contribution in [3.05, 3.63) is 108 Å². The lowest BCUT2D eigenvalue weighted by molar-refractivity contribution is 0.211. The number of ether oxygens (including phenoxy) is 1. The van der Waals surface area contributed by atoms with Crippen LogP contribution in [0.1, 0.15) is 42.7 Å². The van der Waals surface area contributed by atoms with Crippen molar-refractivity contribution >= 4 is 5.57 Å². The second-order valence-electron chi connectivity index (χ2n) is 6.89. The maximum atomic E-state index is 5.92. The molecule has 0 aliphatic carbocycles. The van der Waals surface area contributed by atoms with Crippen molar-refractivity contribution in [1.29, 1.82) is 0 Å². The summed E-state index contributed by atoms with van der Waals surface area (Å²) in [6.45, 7) is 14.4. The number of rotatable bonds is 10. The first kappa shape index (κ1) is 21.2. The van der Waals surface area contributed by atoms with E-state index < -0.39 is 0 Å². The van der Waals surface area contributed by atoms with Gasteiger partial charge in [0.1, 0.15) is 12.4 Å². The maximum absolute atomic E-state index is 5.92. The Kier molecular flexibility index (Phi) is 8.29. The smallest absolute Gasteiger partial charge is 0.119 e. The van der Waals surface area contributed by atoms with Crippen molar-refractivity contribution in [3.8, 4) is 0 Å². The highest BCUT2D eigenvalue weighted by Crippen LogP contribution is 2.17. The molecule has 0 saturated heterocycles. The molecular formula is C25H30N2O. The molecule has 0 unspecified atom stereocenters. The molecule has 0 spiro atoms. The quantitative estimate of drug-likeness (QED) is 0.382. The van der Waals surface area contributed by atoms with E-state index in [-0.39, 0.29) is 0 Å². The van der Waals surface area contributed by atoms with E-state index in [9.17, 15) is 0 Å². The molecule has 2 aromatic rings. The third-order valence-corrected chi connectivity index (χ3v) is 4.63. The molecular weight excluding hydrogens is 344 g/mol. The number of aryl methyl sites for hydroxylation is 2. The summed E-state index contributed by atoms with van der Waals surface area (Å²) in [6, 6.07) is 8.48. The van der Waals surface area contributed by atoms with Crippen LogP contribution in [0.3, 0.4) is 0 Å². The molecule has 0 aliphatic rings. The molecule has 3 nitrogen and oxygen atoms in total. The standard InChI is InChI=1S/C25H30N2O/c1-6-8-19(3)9-12-23-13-11-22(17-21(23)5)18-28-24(7-2)14-10-20(4)25-15-16-26-27-25/h6-8,10-11,13-17H,1-2,9,12,18H2,3-5H3,(H,26,27)/b19-8+,20-10+,24-14+. The fourth-order valence-electron chi connectivity index (χ4n) is 2.86. The lowest BCUT2D eigenvalue weighted by atomic mass is 9.99. The summed E-state index contributed by atoms with van der Waals surface area (Å²) in [5, 5.41) is 6.92. The van der Waals surface area contributed by atoms with Crippen molar-refractivity contribution in [2.24, 2.45) is 0 Å². The molecule has 146 valence electrons. The van der Waals surface area contributed by atoms with Gasteiger partial charge in [-0.25, -0.2) is 0 Å². The lowest BCUT2D eigenvalue weighted by Gasteiger charge is -2.11. The van der Waals surface area contributed by atoms with Gasteiger partial charge in [0, 0.05) is 6.20 Å². The molecule has 1 N–H and O–H groups in total. The van der Waals surface area contributed by atoms with Gasteiger partial charge in [0.05, 0.1) is 5.69 Å². The normalized spacial score (nSPS) is 12.8. The second kappa shape index (κ2) is 10.9. The minimum atomic E-state index is 0.519. The minimum absolute atomic E-state index is 0.519. The van der Waals surface area contributed by atoms with Crippen LogP contribution in [0.15, 0.2) is 85.3 Å². The predicted octanol–water partition coefficient (Wildman–Crippen LogP) is 6.47. The Hall–Kier alpha value is -3.07. The summed E-state index contributed by atoms with van der Waals surface area (Å²) in [5.41, 5.74) is 7.25. The molecule has 0 saturated carbocycles. The largest absolute Gasteiger partial charge is 0.489 e. The molecule has 0 radical (unpaired) electrons. The SMILES string of the molecule is C=C/C=C(\C)CCc1ccc(CO/C(C=C)=C/C=C(\C)c2ccn[nH]2)cc1C. The van der Waals surface area contributed by atoms with Crippen LogP contribution >= 0.6 is 0 Å². The Morgan fingerprint density at radius 1 is 1.14 bits per heavy atom. The van der Waals surface area contributed by atoms with Crippen molar-refractivity contribution in [2.75, 3.05) is 0 Å². The molecule has 1 heterocycles. The molecule has 0 amide bonds. The molecule has 2 rings (SSSR count). The molecule has 0 fully saturated rings. The molecule has 3 heteroatoms. The average Bonchev–Trinajstić information content (AvgIpc) is 3.22. The van der Waals surface area contributed by atoms with Gasteiger partial charge < -0.3 is 4.74 Å². The summed E-state index contributed by atoms with van der Waals surface area (Å²) in [6.07, 6.45) is 13.4. The van der Waals surface area contributed by atoms with Crippen LogP contribution in [0, 0.1) is 6.92 Å². The highest BCUT2D eigenvalue weighted by atomic mass is 16.5. The van der Waals surface area contributed by atoms with Gasteiger partial charge in [0.2, 0.25) is 0 Å². The van der Waals surface area contributed by atoms with Gasteiger partial charge in [-0.3, -0.25) is 5.10 Å². The topological polar surface area (TPSA) is 37.9 Å². The number of nitrogens with one attached hydrogen (secondary N) is 1. The zero-order valence-corrected chi connectivity index (χ0v) is 17.2. The number of aromatic amines is 1. The average molecular weight is 375 g/mol. The van der Waals surface area contributed by atoms with Crippen LogP contribution in [0.25, 0.3) is 5.57 Å². The van der Waals surface area contributed by atoms with Crippen molar-refractivity contribution in [3.63, 3.8) is 0 Å². The van der Waals surface area contributed by atoms with Crippen molar-refractivity contribution in [2.45, 2.75) is 40.2 Å². The Labute approximate surface area is 168 Å². The summed E-state index contributed by atoms with van der Waals surface area (Å²) < 4.78 is 5.92. The molecule has 1 aromatic carbocycles. The zero-order chi connectivity index (χ0) is 20.4. The number of nitrogens with zero attached hydrogens (tertiary/aromatic N) is 1. The van der Waals surface area contributed by atoms with Crippen LogP contribution in [-0.4, -0.2) is 10.2 Å². The molecule has 1 aromatic heterocycles. The Morgan fingerprint density at radius 3 is 2.61 bits per heavy atom. The van der Waals surface area contributed by atoms with Gasteiger partial charge in [0.15, 0.2) is 0 Å². The highest BCUT2D eigenvalue weighted by molar-refractivity contribution is 5.61. The fourth-order valence-corrected chi connectivity index (χ4v) is 2.86. The molecule has 28 heavy (non-hydrogen) atoms. The minimum Gasteiger partial charge on any atom is -0.489 e. The first-order chi connectivity index (χ1) is 13.5. The first-order valence-corrected chi connectivity index (χ1v) is 9.53. The van der Waals surface area contributed by atoms with Crippen molar-refractivity contribution < 1.29 is 4.74 Å². The number of allylic oxidation sites excluding steroid dienone is 7. The van der Waals surface area contributed by atoms with Crippen LogP contribution in [0.5, 0.6) is 0 Å².